The van der Waals surface area contributed by atoms with Gasteiger partial charge >= 0.3 is 6.18 Å². The molecule has 0 atom stereocenters. The topological polar surface area (TPSA) is 45.1 Å². The number of aromatic hydroxyl groups is 1. The minimum absolute atomic E-state index is 0.102. The average Bonchev–Trinajstić information content (AvgIpc) is 2.40. The van der Waals surface area contributed by atoms with Gasteiger partial charge in [0.25, 0.3) is 0 Å². The lowest BCUT2D eigenvalue weighted by atomic mass is 10.2. The Balaban J connectivity index is 2.10. The van der Waals surface area contributed by atoms with Gasteiger partial charge in [-0.15, -0.1) is 0 Å². The SMILES string of the molecule is Oc1c(Cl)cc(Cl)cc1CNc1ccc(C(F)(F)F)nc1. The van der Waals surface area contributed by atoms with Crippen molar-refractivity contribution >= 4 is 28.9 Å². The molecule has 0 aliphatic carbocycles. The summed E-state index contributed by atoms with van der Waals surface area (Å²) < 4.78 is 37.1. The van der Waals surface area contributed by atoms with Gasteiger partial charge in [-0.2, -0.15) is 13.2 Å². The van der Waals surface area contributed by atoms with Crippen LogP contribution in [0.1, 0.15) is 11.3 Å². The Morgan fingerprint density at radius 1 is 1.19 bits per heavy atom. The van der Waals surface area contributed by atoms with Gasteiger partial charge in [0.2, 0.25) is 0 Å². The van der Waals surface area contributed by atoms with Crippen molar-refractivity contribution in [1.82, 2.24) is 4.98 Å². The first-order chi connectivity index (χ1) is 9.77. The molecule has 1 aromatic heterocycles. The Labute approximate surface area is 128 Å². The van der Waals surface area contributed by atoms with Crippen molar-refractivity contribution in [1.29, 1.82) is 0 Å². The van der Waals surface area contributed by atoms with Crippen molar-refractivity contribution in [2.45, 2.75) is 12.7 Å². The number of hydrogen-bond acceptors (Lipinski definition) is 3. The molecular formula is C13H9Cl2F3N2O. The van der Waals surface area contributed by atoms with Crippen LogP contribution in [-0.4, -0.2) is 10.1 Å². The molecule has 2 rings (SSSR count). The third kappa shape index (κ3) is 3.92. The molecule has 0 fully saturated rings. The van der Waals surface area contributed by atoms with Gasteiger partial charge in [-0.25, -0.2) is 4.98 Å². The van der Waals surface area contributed by atoms with Crippen LogP contribution in [0.4, 0.5) is 18.9 Å². The molecule has 0 radical (unpaired) electrons. The number of phenols is 1. The second kappa shape index (κ2) is 5.99. The number of benzene rings is 1. The molecule has 112 valence electrons. The summed E-state index contributed by atoms with van der Waals surface area (Å²) >= 11 is 11.6. The molecule has 0 aliphatic rings. The summed E-state index contributed by atoms with van der Waals surface area (Å²) in [5, 5.41) is 13.0. The van der Waals surface area contributed by atoms with Crippen LogP contribution in [-0.2, 0) is 12.7 Å². The largest absolute Gasteiger partial charge is 0.506 e. The highest BCUT2D eigenvalue weighted by Gasteiger charge is 2.31. The van der Waals surface area contributed by atoms with Crippen LogP contribution >= 0.6 is 23.2 Å². The van der Waals surface area contributed by atoms with Gasteiger partial charge in [-0.3, -0.25) is 0 Å². The summed E-state index contributed by atoms with van der Waals surface area (Å²) in [7, 11) is 0. The van der Waals surface area contributed by atoms with Gasteiger partial charge in [0.1, 0.15) is 11.4 Å². The second-order valence-corrected chi connectivity index (χ2v) is 5.02. The third-order valence-electron chi connectivity index (χ3n) is 2.64. The maximum Gasteiger partial charge on any atom is 0.433 e. The van der Waals surface area contributed by atoms with E-state index in [1.54, 1.807) is 0 Å². The average molecular weight is 337 g/mol. The quantitative estimate of drug-likeness (QED) is 0.851. The highest BCUT2D eigenvalue weighted by Crippen LogP contribution is 2.32. The predicted octanol–water partition coefficient (Wildman–Crippen LogP) is 4.72. The molecule has 0 bridgehead atoms. The number of halogens is 5. The van der Waals surface area contributed by atoms with E-state index in [1.165, 1.54) is 18.2 Å². The summed E-state index contributed by atoms with van der Waals surface area (Å²) in [6, 6.07) is 5.01. The maximum absolute atomic E-state index is 12.4. The molecule has 0 unspecified atom stereocenters. The first kappa shape index (κ1) is 15.7. The molecule has 1 heterocycles. The van der Waals surface area contributed by atoms with Crippen molar-refractivity contribution in [2.24, 2.45) is 0 Å². The zero-order valence-corrected chi connectivity index (χ0v) is 11.9. The van der Waals surface area contributed by atoms with Gasteiger partial charge < -0.3 is 10.4 Å². The third-order valence-corrected chi connectivity index (χ3v) is 3.15. The minimum Gasteiger partial charge on any atom is -0.506 e. The number of hydrogen-bond donors (Lipinski definition) is 2. The number of rotatable bonds is 3. The number of nitrogens with one attached hydrogen (secondary N) is 1. The van der Waals surface area contributed by atoms with E-state index in [4.69, 9.17) is 23.2 Å². The first-order valence-electron chi connectivity index (χ1n) is 5.71. The number of aromatic nitrogens is 1. The van der Waals surface area contributed by atoms with Crippen molar-refractivity contribution in [3.63, 3.8) is 0 Å². The number of anilines is 1. The smallest absolute Gasteiger partial charge is 0.433 e. The summed E-state index contributed by atoms with van der Waals surface area (Å²) in [6.07, 6.45) is -3.41. The molecular weight excluding hydrogens is 328 g/mol. The van der Waals surface area contributed by atoms with Crippen LogP contribution < -0.4 is 5.32 Å². The van der Waals surface area contributed by atoms with Gasteiger partial charge in [0, 0.05) is 17.1 Å². The Morgan fingerprint density at radius 3 is 2.48 bits per heavy atom. The lowest BCUT2D eigenvalue weighted by molar-refractivity contribution is -0.141. The zero-order chi connectivity index (χ0) is 15.6. The second-order valence-electron chi connectivity index (χ2n) is 4.18. The fraction of sp³-hybridized carbons (Fsp3) is 0.154. The van der Waals surface area contributed by atoms with E-state index in [0.29, 0.717) is 16.3 Å². The van der Waals surface area contributed by atoms with Crippen LogP contribution in [0.5, 0.6) is 5.75 Å². The number of nitrogens with zero attached hydrogens (tertiary/aromatic N) is 1. The zero-order valence-electron chi connectivity index (χ0n) is 10.4. The number of pyridine rings is 1. The fourth-order valence-corrected chi connectivity index (χ4v) is 2.15. The van der Waals surface area contributed by atoms with Crippen LogP contribution in [0.15, 0.2) is 30.5 Å². The van der Waals surface area contributed by atoms with E-state index in [9.17, 15) is 18.3 Å². The Kier molecular flexibility index (Phi) is 4.49. The van der Waals surface area contributed by atoms with E-state index < -0.39 is 11.9 Å². The van der Waals surface area contributed by atoms with Crippen LogP contribution in [0, 0.1) is 0 Å². The minimum atomic E-state index is -4.47. The molecule has 8 heteroatoms. The molecule has 0 amide bonds. The Morgan fingerprint density at radius 2 is 1.90 bits per heavy atom. The maximum atomic E-state index is 12.4. The van der Waals surface area contributed by atoms with Crippen LogP contribution in [0.3, 0.4) is 0 Å². The van der Waals surface area contributed by atoms with Gasteiger partial charge in [0.15, 0.2) is 0 Å². The van der Waals surface area contributed by atoms with E-state index in [2.05, 4.69) is 10.3 Å². The highest BCUT2D eigenvalue weighted by atomic mass is 35.5. The number of phenolic OH excluding ortho intramolecular Hbond substituents is 1. The summed E-state index contributed by atoms with van der Waals surface area (Å²) in [6.45, 7) is 0.138. The fourth-order valence-electron chi connectivity index (χ4n) is 1.62. The standard InChI is InChI=1S/C13H9Cl2F3N2O/c14-8-3-7(12(21)10(15)4-8)5-19-9-1-2-11(20-6-9)13(16,17)18/h1-4,6,19,21H,5H2. The van der Waals surface area contributed by atoms with Gasteiger partial charge in [-0.05, 0) is 24.3 Å². The Bertz CT molecular complexity index is 645. The molecule has 0 saturated heterocycles. The predicted molar refractivity (Wildman–Crippen MR) is 74.7 cm³/mol. The molecule has 2 N–H and O–H groups in total. The van der Waals surface area contributed by atoms with Gasteiger partial charge in [-0.1, -0.05) is 23.2 Å². The normalized spacial score (nSPS) is 11.5. The first-order valence-corrected chi connectivity index (χ1v) is 6.47. The lowest BCUT2D eigenvalue weighted by Gasteiger charge is -2.11. The van der Waals surface area contributed by atoms with Crippen molar-refractivity contribution in [3.05, 3.63) is 51.8 Å². The number of alkyl halides is 3. The molecule has 0 spiro atoms. The molecule has 2 aromatic rings. The molecule has 21 heavy (non-hydrogen) atoms. The van der Waals surface area contributed by atoms with Crippen LogP contribution in [0.25, 0.3) is 0 Å². The van der Waals surface area contributed by atoms with Crippen LogP contribution in [0.2, 0.25) is 10.0 Å². The molecule has 0 aliphatic heterocycles. The van der Waals surface area contributed by atoms with E-state index >= 15 is 0 Å². The summed E-state index contributed by atoms with van der Waals surface area (Å²) in [5.41, 5.74) is -0.174. The lowest BCUT2D eigenvalue weighted by Crippen LogP contribution is -2.08. The molecule has 1 aromatic carbocycles. The van der Waals surface area contributed by atoms with E-state index in [0.717, 1.165) is 12.3 Å². The molecule has 3 nitrogen and oxygen atoms in total. The summed E-state index contributed by atoms with van der Waals surface area (Å²) in [4.78, 5) is 3.32. The molecule has 0 saturated carbocycles. The van der Waals surface area contributed by atoms with Gasteiger partial charge in [0.05, 0.1) is 16.9 Å². The summed E-state index contributed by atoms with van der Waals surface area (Å²) in [5.74, 6) is -0.131. The Hall–Kier alpha value is -1.66. The van der Waals surface area contributed by atoms with E-state index in [1.807, 2.05) is 0 Å². The highest BCUT2D eigenvalue weighted by molar-refractivity contribution is 6.35. The van der Waals surface area contributed by atoms with E-state index in [-0.39, 0.29) is 17.3 Å². The van der Waals surface area contributed by atoms with Crippen molar-refractivity contribution in [2.75, 3.05) is 5.32 Å². The monoisotopic (exact) mass is 336 g/mol. The van der Waals surface area contributed by atoms with Crippen molar-refractivity contribution in [3.8, 4) is 5.75 Å². The van der Waals surface area contributed by atoms with Crippen molar-refractivity contribution < 1.29 is 18.3 Å².